The molecule has 0 radical (unpaired) electrons. The summed E-state index contributed by atoms with van der Waals surface area (Å²) in [5.74, 6) is 0. The molecule has 4 aromatic rings. The number of fused-ring (bicyclic) bond motifs is 2. The summed E-state index contributed by atoms with van der Waals surface area (Å²) in [6, 6.07) is 27.9. The van der Waals surface area contributed by atoms with Gasteiger partial charge in [-0.3, -0.25) is 0 Å². The van der Waals surface area contributed by atoms with Gasteiger partial charge in [-0.25, -0.2) is 0 Å². The average Bonchev–Trinajstić information content (AvgIpc) is 2.60. The lowest BCUT2D eigenvalue weighted by Gasteiger charge is -2.12. The third kappa shape index (κ3) is 1.93. The lowest BCUT2D eigenvalue weighted by Crippen LogP contribution is -1.87. The normalized spacial score (nSPS) is 10.9. The van der Waals surface area contributed by atoms with Crippen LogP contribution in [0.4, 0.5) is 0 Å². The van der Waals surface area contributed by atoms with Gasteiger partial charge in [-0.15, -0.1) is 0 Å². The van der Waals surface area contributed by atoms with Gasteiger partial charge in [-0.05, 0) is 38.2 Å². The van der Waals surface area contributed by atoms with E-state index in [1.807, 2.05) is 6.08 Å². The molecule has 0 amide bonds. The second-order valence-corrected chi connectivity index (χ2v) is 5.48. The van der Waals surface area contributed by atoms with Gasteiger partial charge in [0.2, 0.25) is 0 Å². The quantitative estimate of drug-likeness (QED) is 0.404. The van der Waals surface area contributed by atoms with Crippen LogP contribution in [0.3, 0.4) is 0 Å². The first kappa shape index (κ1) is 12.8. The van der Waals surface area contributed by atoms with E-state index in [-0.39, 0.29) is 0 Å². The van der Waals surface area contributed by atoms with Crippen molar-refractivity contribution in [1.82, 2.24) is 0 Å². The third-order valence-electron chi connectivity index (χ3n) is 4.25. The number of hydrogen-bond donors (Lipinski definition) is 0. The van der Waals surface area contributed by atoms with Gasteiger partial charge < -0.3 is 0 Å². The minimum Gasteiger partial charge on any atom is -0.0984 e. The molecule has 0 fully saturated rings. The molecule has 104 valence electrons. The van der Waals surface area contributed by atoms with Crippen molar-refractivity contribution < 1.29 is 0 Å². The monoisotopic (exact) mass is 280 g/mol. The number of rotatable bonds is 2. The maximum Gasteiger partial charge on any atom is -0.00990 e. The summed E-state index contributed by atoms with van der Waals surface area (Å²) in [4.78, 5) is 0. The zero-order chi connectivity index (χ0) is 14.9. The van der Waals surface area contributed by atoms with Gasteiger partial charge in [0.15, 0.2) is 0 Å². The summed E-state index contributed by atoms with van der Waals surface area (Å²) in [6.07, 6.45) is 1.97. The summed E-state index contributed by atoms with van der Waals surface area (Å²) < 4.78 is 0. The predicted molar refractivity (Wildman–Crippen MR) is 97.0 cm³/mol. The van der Waals surface area contributed by atoms with E-state index in [2.05, 4.69) is 85.4 Å². The lowest BCUT2D eigenvalue weighted by molar-refractivity contribution is 1.65. The van der Waals surface area contributed by atoms with E-state index in [9.17, 15) is 0 Å². The summed E-state index contributed by atoms with van der Waals surface area (Å²) in [6.45, 7) is 4.05. The van der Waals surface area contributed by atoms with Crippen LogP contribution in [0.2, 0.25) is 0 Å². The Kier molecular flexibility index (Phi) is 3.01. The standard InChI is InChI=1S/C22H16/c1-2-18-19-11-5-4-9-17(19)14-15-22(18)21-13-7-10-16-8-3-6-12-20(16)21/h2-15H,1H2. The van der Waals surface area contributed by atoms with Crippen LogP contribution in [-0.2, 0) is 0 Å². The van der Waals surface area contributed by atoms with Crippen molar-refractivity contribution in [2.24, 2.45) is 0 Å². The zero-order valence-corrected chi connectivity index (χ0v) is 12.3. The van der Waals surface area contributed by atoms with Gasteiger partial charge in [-0.2, -0.15) is 0 Å². The van der Waals surface area contributed by atoms with Gasteiger partial charge in [0.25, 0.3) is 0 Å². The Hall–Kier alpha value is -2.86. The van der Waals surface area contributed by atoms with Crippen LogP contribution in [0.15, 0.2) is 85.4 Å². The van der Waals surface area contributed by atoms with Crippen molar-refractivity contribution in [3.8, 4) is 11.1 Å². The Morgan fingerprint density at radius 1 is 0.545 bits per heavy atom. The van der Waals surface area contributed by atoms with E-state index >= 15 is 0 Å². The molecule has 0 heteroatoms. The summed E-state index contributed by atoms with van der Waals surface area (Å²) >= 11 is 0. The van der Waals surface area contributed by atoms with E-state index in [4.69, 9.17) is 0 Å². The zero-order valence-electron chi connectivity index (χ0n) is 12.3. The molecular formula is C22H16. The molecule has 0 spiro atoms. The topological polar surface area (TPSA) is 0 Å². The van der Waals surface area contributed by atoms with Crippen LogP contribution < -0.4 is 0 Å². The van der Waals surface area contributed by atoms with Crippen LogP contribution in [-0.4, -0.2) is 0 Å². The Morgan fingerprint density at radius 2 is 1.18 bits per heavy atom. The lowest BCUT2D eigenvalue weighted by atomic mass is 9.91. The van der Waals surface area contributed by atoms with Crippen LogP contribution in [0.5, 0.6) is 0 Å². The predicted octanol–water partition coefficient (Wildman–Crippen LogP) is 6.30. The Balaban J connectivity index is 2.11. The summed E-state index contributed by atoms with van der Waals surface area (Å²) in [7, 11) is 0. The molecule has 0 nitrogen and oxygen atoms in total. The van der Waals surface area contributed by atoms with Gasteiger partial charge >= 0.3 is 0 Å². The molecule has 0 aromatic heterocycles. The molecule has 4 rings (SSSR count). The Bertz CT molecular complexity index is 988. The smallest absolute Gasteiger partial charge is 0.00990 e. The highest BCUT2D eigenvalue weighted by molar-refractivity contribution is 6.03. The van der Waals surface area contributed by atoms with Crippen LogP contribution in [0.1, 0.15) is 5.56 Å². The molecule has 0 heterocycles. The van der Waals surface area contributed by atoms with Crippen LogP contribution >= 0.6 is 0 Å². The molecule has 0 aliphatic carbocycles. The largest absolute Gasteiger partial charge is 0.0984 e. The third-order valence-corrected chi connectivity index (χ3v) is 4.25. The molecule has 4 aromatic carbocycles. The van der Waals surface area contributed by atoms with E-state index < -0.39 is 0 Å². The van der Waals surface area contributed by atoms with Crippen molar-refractivity contribution >= 4 is 27.6 Å². The minimum atomic E-state index is 1.20. The fraction of sp³-hybridized carbons (Fsp3) is 0. The Morgan fingerprint density at radius 3 is 1.95 bits per heavy atom. The van der Waals surface area contributed by atoms with E-state index in [1.54, 1.807) is 0 Å². The van der Waals surface area contributed by atoms with Gasteiger partial charge in [0, 0.05) is 0 Å². The van der Waals surface area contributed by atoms with Crippen molar-refractivity contribution in [3.05, 3.63) is 91.0 Å². The first-order valence-electron chi connectivity index (χ1n) is 7.51. The number of hydrogen-bond acceptors (Lipinski definition) is 0. The molecule has 0 bridgehead atoms. The van der Waals surface area contributed by atoms with Crippen LogP contribution in [0.25, 0.3) is 38.7 Å². The van der Waals surface area contributed by atoms with E-state index in [1.165, 1.54) is 38.2 Å². The van der Waals surface area contributed by atoms with Crippen molar-refractivity contribution in [1.29, 1.82) is 0 Å². The van der Waals surface area contributed by atoms with E-state index in [0.717, 1.165) is 0 Å². The maximum atomic E-state index is 4.05. The second kappa shape index (κ2) is 5.16. The fourth-order valence-electron chi connectivity index (χ4n) is 3.21. The maximum absolute atomic E-state index is 4.05. The molecule has 0 N–H and O–H groups in total. The highest BCUT2D eigenvalue weighted by Gasteiger charge is 2.09. The first-order valence-corrected chi connectivity index (χ1v) is 7.51. The molecule has 0 saturated carbocycles. The SMILES string of the molecule is C=Cc1c(-c2cccc3ccccc23)ccc2ccccc12. The van der Waals surface area contributed by atoms with Gasteiger partial charge in [0.05, 0.1) is 0 Å². The van der Waals surface area contributed by atoms with Gasteiger partial charge in [0.1, 0.15) is 0 Å². The Labute approximate surface area is 130 Å². The highest BCUT2D eigenvalue weighted by atomic mass is 14.1. The molecule has 0 aliphatic rings. The number of benzene rings is 4. The van der Waals surface area contributed by atoms with Crippen molar-refractivity contribution in [3.63, 3.8) is 0 Å². The summed E-state index contributed by atoms with van der Waals surface area (Å²) in [5.41, 5.74) is 3.71. The molecule has 0 unspecified atom stereocenters. The average molecular weight is 280 g/mol. The van der Waals surface area contributed by atoms with Crippen molar-refractivity contribution in [2.45, 2.75) is 0 Å². The van der Waals surface area contributed by atoms with Crippen molar-refractivity contribution in [2.75, 3.05) is 0 Å². The van der Waals surface area contributed by atoms with Gasteiger partial charge in [-0.1, -0.05) is 91.5 Å². The van der Waals surface area contributed by atoms with Crippen LogP contribution in [0, 0.1) is 0 Å². The minimum absolute atomic E-state index is 1.20. The fourth-order valence-corrected chi connectivity index (χ4v) is 3.21. The molecule has 22 heavy (non-hydrogen) atoms. The first-order chi connectivity index (χ1) is 10.9. The molecular weight excluding hydrogens is 264 g/mol. The van der Waals surface area contributed by atoms with E-state index in [0.29, 0.717) is 0 Å². The summed E-state index contributed by atoms with van der Waals surface area (Å²) in [5, 5.41) is 5.05. The second-order valence-electron chi connectivity index (χ2n) is 5.48. The molecule has 0 saturated heterocycles. The highest BCUT2D eigenvalue weighted by Crippen LogP contribution is 2.35. The molecule has 0 atom stereocenters. The molecule has 0 aliphatic heterocycles.